The third-order valence-electron chi connectivity index (χ3n) is 1.68. The van der Waals surface area contributed by atoms with E-state index in [1.807, 2.05) is 6.92 Å². The number of carbonyl (C=O) groups is 1. The predicted molar refractivity (Wildman–Crippen MR) is 34.2 cm³/mol. The smallest absolute Gasteiger partial charge is 0.123 e. The highest BCUT2D eigenvalue weighted by molar-refractivity contribution is 5.53. The average molecular weight is 128 g/mol. The summed E-state index contributed by atoms with van der Waals surface area (Å²) < 4.78 is 4.98. The summed E-state index contributed by atoms with van der Waals surface area (Å²) >= 11 is 0. The van der Waals surface area contributed by atoms with E-state index in [2.05, 4.69) is 0 Å². The van der Waals surface area contributed by atoms with Gasteiger partial charge in [0.2, 0.25) is 0 Å². The molecule has 1 aliphatic heterocycles. The number of hydrogen-bond acceptors (Lipinski definition) is 2. The second-order valence-corrected chi connectivity index (χ2v) is 2.50. The van der Waals surface area contributed by atoms with Crippen molar-refractivity contribution < 1.29 is 9.53 Å². The van der Waals surface area contributed by atoms with Gasteiger partial charge in [-0.15, -0.1) is 0 Å². The van der Waals surface area contributed by atoms with Crippen LogP contribution in [-0.2, 0) is 9.53 Å². The summed E-state index contributed by atoms with van der Waals surface area (Å²) in [6.45, 7) is 2.89. The molecule has 2 heteroatoms. The van der Waals surface area contributed by atoms with Gasteiger partial charge in [0.05, 0.1) is 12.7 Å². The molecule has 1 saturated heterocycles. The first-order valence-electron chi connectivity index (χ1n) is 3.43. The van der Waals surface area contributed by atoms with Crippen LogP contribution in [-0.4, -0.2) is 19.0 Å². The zero-order valence-electron chi connectivity index (χ0n) is 5.67. The number of hydrogen-bond donors (Lipinski definition) is 0. The molecule has 2 atom stereocenters. The maximum Gasteiger partial charge on any atom is 0.123 e. The predicted octanol–water partition coefficient (Wildman–Crippen LogP) is 1.00. The molecule has 0 radical (unpaired) electrons. The van der Waals surface area contributed by atoms with Crippen LogP contribution in [0.4, 0.5) is 0 Å². The SMILES string of the molecule is CCC(C=O)CC1CO1. The molecular formula is C7H12O2. The maximum absolute atomic E-state index is 10.2. The van der Waals surface area contributed by atoms with Gasteiger partial charge in [0.1, 0.15) is 6.29 Å². The van der Waals surface area contributed by atoms with Crippen LogP contribution >= 0.6 is 0 Å². The van der Waals surface area contributed by atoms with Gasteiger partial charge in [-0.05, 0) is 12.8 Å². The van der Waals surface area contributed by atoms with Gasteiger partial charge in [-0.25, -0.2) is 0 Å². The van der Waals surface area contributed by atoms with Crippen molar-refractivity contribution in [3.63, 3.8) is 0 Å². The van der Waals surface area contributed by atoms with Crippen molar-refractivity contribution in [2.45, 2.75) is 25.9 Å². The van der Waals surface area contributed by atoms with Gasteiger partial charge < -0.3 is 9.53 Å². The first-order chi connectivity index (χ1) is 4.36. The van der Waals surface area contributed by atoms with Crippen LogP contribution in [0.15, 0.2) is 0 Å². The molecule has 2 unspecified atom stereocenters. The van der Waals surface area contributed by atoms with Crippen LogP contribution < -0.4 is 0 Å². The van der Waals surface area contributed by atoms with Crippen LogP contribution in [0.3, 0.4) is 0 Å². The standard InChI is InChI=1S/C7H12O2/c1-2-6(4-8)3-7-5-9-7/h4,6-7H,2-3,5H2,1H3. The molecule has 0 aromatic rings. The molecule has 0 bridgehead atoms. The third-order valence-corrected chi connectivity index (χ3v) is 1.68. The molecule has 0 spiro atoms. The summed E-state index contributed by atoms with van der Waals surface area (Å²) in [6, 6.07) is 0. The Morgan fingerprint density at radius 1 is 1.89 bits per heavy atom. The van der Waals surface area contributed by atoms with Gasteiger partial charge in [-0.2, -0.15) is 0 Å². The minimum Gasteiger partial charge on any atom is -0.373 e. The Morgan fingerprint density at radius 3 is 2.89 bits per heavy atom. The van der Waals surface area contributed by atoms with Gasteiger partial charge in [0.25, 0.3) is 0 Å². The minimum absolute atomic E-state index is 0.234. The zero-order chi connectivity index (χ0) is 6.69. The van der Waals surface area contributed by atoms with E-state index in [9.17, 15) is 4.79 Å². The van der Waals surface area contributed by atoms with E-state index in [0.717, 1.165) is 25.7 Å². The van der Waals surface area contributed by atoms with Crippen molar-refractivity contribution in [3.05, 3.63) is 0 Å². The summed E-state index contributed by atoms with van der Waals surface area (Å²) in [4.78, 5) is 10.2. The highest BCUT2D eigenvalue weighted by Gasteiger charge is 2.25. The average Bonchev–Trinajstić information content (AvgIpc) is 2.66. The van der Waals surface area contributed by atoms with Gasteiger partial charge in [0.15, 0.2) is 0 Å². The Hall–Kier alpha value is -0.370. The van der Waals surface area contributed by atoms with E-state index in [1.165, 1.54) is 0 Å². The second-order valence-electron chi connectivity index (χ2n) is 2.50. The Bertz CT molecular complexity index is 97.1. The van der Waals surface area contributed by atoms with E-state index in [4.69, 9.17) is 4.74 Å². The molecule has 0 N–H and O–H groups in total. The molecule has 1 fully saturated rings. The second kappa shape index (κ2) is 2.97. The molecule has 52 valence electrons. The van der Waals surface area contributed by atoms with E-state index in [1.54, 1.807) is 0 Å². The monoisotopic (exact) mass is 128 g/mol. The van der Waals surface area contributed by atoms with Crippen LogP contribution in [0.1, 0.15) is 19.8 Å². The van der Waals surface area contributed by atoms with Crippen molar-refractivity contribution in [2.75, 3.05) is 6.61 Å². The lowest BCUT2D eigenvalue weighted by Gasteiger charge is -2.01. The Morgan fingerprint density at radius 2 is 2.56 bits per heavy atom. The topological polar surface area (TPSA) is 29.6 Å². The lowest BCUT2D eigenvalue weighted by molar-refractivity contribution is -0.111. The van der Waals surface area contributed by atoms with Crippen LogP contribution in [0, 0.1) is 5.92 Å². The first kappa shape index (κ1) is 6.75. The summed E-state index contributed by atoms with van der Waals surface area (Å²) in [6.07, 6.45) is 3.31. The largest absolute Gasteiger partial charge is 0.373 e. The van der Waals surface area contributed by atoms with Gasteiger partial charge in [-0.1, -0.05) is 6.92 Å². The number of epoxide rings is 1. The third kappa shape index (κ3) is 2.14. The van der Waals surface area contributed by atoms with Crippen molar-refractivity contribution in [1.29, 1.82) is 0 Å². The molecule has 1 aliphatic rings. The summed E-state index contributed by atoms with van der Waals surface area (Å²) in [5.41, 5.74) is 0. The molecule has 2 nitrogen and oxygen atoms in total. The fraction of sp³-hybridized carbons (Fsp3) is 0.857. The Labute approximate surface area is 55.2 Å². The van der Waals surface area contributed by atoms with Gasteiger partial charge in [-0.3, -0.25) is 0 Å². The van der Waals surface area contributed by atoms with Crippen molar-refractivity contribution in [1.82, 2.24) is 0 Å². The molecule has 1 heterocycles. The van der Waals surface area contributed by atoms with Crippen molar-refractivity contribution >= 4 is 6.29 Å². The highest BCUT2D eigenvalue weighted by Crippen LogP contribution is 2.19. The summed E-state index contributed by atoms with van der Waals surface area (Å²) in [7, 11) is 0. The fourth-order valence-electron chi connectivity index (χ4n) is 0.860. The van der Waals surface area contributed by atoms with Crippen LogP contribution in [0.5, 0.6) is 0 Å². The van der Waals surface area contributed by atoms with Crippen LogP contribution in [0.25, 0.3) is 0 Å². The number of rotatable bonds is 4. The lowest BCUT2D eigenvalue weighted by Crippen LogP contribution is -2.03. The Kier molecular flexibility index (Phi) is 2.22. The fourth-order valence-corrected chi connectivity index (χ4v) is 0.860. The molecule has 0 aliphatic carbocycles. The van der Waals surface area contributed by atoms with E-state index in [-0.39, 0.29) is 5.92 Å². The van der Waals surface area contributed by atoms with Crippen molar-refractivity contribution in [3.8, 4) is 0 Å². The first-order valence-corrected chi connectivity index (χ1v) is 3.43. The summed E-state index contributed by atoms with van der Waals surface area (Å²) in [5, 5.41) is 0. The van der Waals surface area contributed by atoms with Crippen LogP contribution in [0.2, 0.25) is 0 Å². The molecule has 0 amide bonds. The van der Waals surface area contributed by atoms with Crippen molar-refractivity contribution in [2.24, 2.45) is 5.92 Å². The zero-order valence-corrected chi connectivity index (χ0v) is 5.67. The number of carbonyl (C=O) groups excluding carboxylic acids is 1. The molecule has 1 rings (SSSR count). The Balaban J connectivity index is 2.12. The quantitative estimate of drug-likeness (QED) is 0.417. The lowest BCUT2D eigenvalue weighted by atomic mass is 10.0. The molecule has 9 heavy (non-hydrogen) atoms. The van der Waals surface area contributed by atoms with E-state index < -0.39 is 0 Å². The summed E-state index contributed by atoms with van der Waals surface area (Å²) in [5.74, 6) is 0.234. The highest BCUT2D eigenvalue weighted by atomic mass is 16.6. The normalized spacial score (nSPS) is 27.4. The van der Waals surface area contributed by atoms with E-state index >= 15 is 0 Å². The molecule has 0 aromatic heterocycles. The molecular weight excluding hydrogens is 116 g/mol. The maximum atomic E-state index is 10.2. The number of aldehydes is 1. The number of ether oxygens (including phenoxy) is 1. The van der Waals surface area contributed by atoms with E-state index in [0.29, 0.717) is 6.10 Å². The molecule has 0 aromatic carbocycles. The minimum atomic E-state index is 0.234. The van der Waals surface area contributed by atoms with Gasteiger partial charge >= 0.3 is 0 Å². The van der Waals surface area contributed by atoms with Gasteiger partial charge in [0, 0.05) is 5.92 Å². The molecule has 0 saturated carbocycles.